The van der Waals surface area contributed by atoms with E-state index in [0.29, 0.717) is 23.3 Å². The van der Waals surface area contributed by atoms with Gasteiger partial charge in [-0.3, -0.25) is 20.0 Å². The summed E-state index contributed by atoms with van der Waals surface area (Å²) >= 11 is 1.31. The average molecular weight is 425 g/mol. The van der Waals surface area contributed by atoms with Crippen LogP contribution in [0.3, 0.4) is 0 Å². The number of fused-ring (bicyclic) bond motifs is 2. The van der Waals surface area contributed by atoms with Crippen LogP contribution in [0.2, 0.25) is 0 Å². The monoisotopic (exact) mass is 424 g/mol. The number of esters is 1. The zero-order chi connectivity index (χ0) is 21.3. The summed E-state index contributed by atoms with van der Waals surface area (Å²) in [4.78, 5) is 36.8. The first kappa shape index (κ1) is 20.4. The number of rotatable bonds is 5. The van der Waals surface area contributed by atoms with Crippen LogP contribution in [0, 0.1) is 0 Å². The Morgan fingerprint density at radius 1 is 1.23 bits per heavy atom. The molecule has 1 atom stereocenters. The molecule has 0 bridgehead atoms. The maximum absolute atomic E-state index is 13.3. The molecule has 0 aliphatic carbocycles. The van der Waals surface area contributed by atoms with Gasteiger partial charge in [0.2, 0.25) is 0 Å². The van der Waals surface area contributed by atoms with E-state index in [1.165, 1.54) is 11.3 Å². The van der Waals surface area contributed by atoms with Crippen molar-refractivity contribution < 1.29 is 14.3 Å². The normalized spacial score (nSPS) is 15.1. The van der Waals surface area contributed by atoms with Crippen molar-refractivity contribution in [2.24, 2.45) is 0 Å². The average Bonchev–Trinajstić information content (AvgIpc) is 3.24. The second-order valence-corrected chi connectivity index (χ2v) is 8.51. The fourth-order valence-electron chi connectivity index (χ4n) is 3.65. The lowest BCUT2D eigenvalue weighted by atomic mass is 9.95. The van der Waals surface area contributed by atoms with Gasteiger partial charge >= 0.3 is 5.97 Å². The Labute approximate surface area is 179 Å². The van der Waals surface area contributed by atoms with Crippen LogP contribution in [0.25, 0.3) is 10.9 Å². The second kappa shape index (κ2) is 8.49. The lowest BCUT2D eigenvalue weighted by Crippen LogP contribution is -2.37. The number of hydrogen-bond acceptors (Lipinski definition) is 7. The molecule has 0 spiro atoms. The third kappa shape index (κ3) is 4.06. The van der Waals surface area contributed by atoms with E-state index in [4.69, 9.17) is 9.72 Å². The van der Waals surface area contributed by atoms with E-state index in [0.717, 1.165) is 35.1 Å². The van der Waals surface area contributed by atoms with Crippen LogP contribution >= 0.6 is 11.3 Å². The number of carbonyl (C=O) groups is 2. The van der Waals surface area contributed by atoms with E-state index in [1.54, 1.807) is 18.5 Å². The van der Waals surface area contributed by atoms with Crippen molar-refractivity contribution in [1.82, 2.24) is 14.9 Å². The predicted molar refractivity (Wildman–Crippen MR) is 117 cm³/mol. The SMILES string of the molecule is CC(OC(=O)c1c2c(nc3ccccc13)CCN(C(C)C)C2)C(=O)Nc1nccs1. The Morgan fingerprint density at radius 2 is 2.03 bits per heavy atom. The number of hydrogen-bond donors (Lipinski definition) is 1. The lowest BCUT2D eigenvalue weighted by molar-refractivity contribution is -0.123. The zero-order valence-electron chi connectivity index (χ0n) is 17.2. The van der Waals surface area contributed by atoms with Crippen LogP contribution in [-0.2, 0) is 22.5 Å². The minimum absolute atomic E-state index is 0.358. The van der Waals surface area contributed by atoms with Crippen molar-refractivity contribution in [2.45, 2.75) is 45.9 Å². The summed E-state index contributed by atoms with van der Waals surface area (Å²) in [5.41, 5.74) is 3.10. The molecule has 1 aliphatic rings. The molecule has 3 heterocycles. The molecule has 1 aliphatic heterocycles. The molecule has 7 nitrogen and oxygen atoms in total. The molecule has 3 aromatic rings. The third-order valence-corrected chi connectivity index (χ3v) is 6.01. The summed E-state index contributed by atoms with van der Waals surface area (Å²) < 4.78 is 5.60. The number of nitrogens with zero attached hydrogens (tertiary/aromatic N) is 3. The van der Waals surface area contributed by atoms with E-state index in [-0.39, 0.29) is 0 Å². The highest BCUT2D eigenvalue weighted by molar-refractivity contribution is 7.13. The molecule has 1 N–H and O–H groups in total. The largest absolute Gasteiger partial charge is 0.449 e. The first-order valence-corrected chi connectivity index (χ1v) is 10.9. The maximum atomic E-state index is 13.3. The van der Waals surface area contributed by atoms with Gasteiger partial charge in [-0.1, -0.05) is 18.2 Å². The molecule has 0 saturated heterocycles. The van der Waals surface area contributed by atoms with E-state index in [2.05, 4.69) is 29.0 Å². The van der Waals surface area contributed by atoms with Crippen LogP contribution in [-0.4, -0.2) is 45.4 Å². The molecule has 0 radical (unpaired) electrons. The van der Waals surface area contributed by atoms with Gasteiger partial charge < -0.3 is 4.74 Å². The summed E-state index contributed by atoms with van der Waals surface area (Å²) in [7, 11) is 0. The topological polar surface area (TPSA) is 84.4 Å². The minimum Gasteiger partial charge on any atom is -0.449 e. The fourth-order valence-corrected chi connectivity index (χ4v) is 4.18. The highest BCUT2D eigenvalue weighted by atomic mass is 32.1. The Bertz CT molecular complexity index is 1080. The van der Waals surface area contributed by atoms with E-state index in [1.807, 2.05) is 24.3 Å². The standard InChI is InChI=1S/C22H24N4O3S/c1-13(2)26-10-8-18-16(12-26)19(15-6-4-5-7-17(15)24-18)21(28)29-14(3)20(27)25-22-23-9-11-30-22/h4-7,9,11,13-14H,8,10,12H2,1-3H3,(H,23,25,27). The number of amides is 1. The van der Waals surface area contributed by atoms with Gasteiger partial charge in [-0.05, 0) is 26.8 Å². The predicted octanol–water partition coefficient (Wildman–Crippen LogP) is 3.64. The van der Waals surface area contributed by atoms with Crippen LogP contribution in [0.4, 0.5) is 5.13 Å². The highest BCUT2D eigenvalue weighted by Crippen LogP contribution is 2.29. The maximum Gasteiger partial charge on any atom is 0.339 e. The first-order valence-electron chi connectivity index (χ1n) is 10.00. The molecular weight excluding hydrogens is 400 g/mol. The molecule has 0 fully saturated rings. The lowest BCUT2D eigenvalue weighted by Gasteiger charge is -2.32. The molecule has 8 heteroatoms. The van der Waals surface area contributed by atoms with E-state index < -0.39 is 18.0 Å². The number of thiazole rings is 1. The number of carbonyl (C=O) groups excluding carboxylic acids is 2. The number of benzene rings is 1. The van der Waals surface area contributed by atoms with Gasteiger partial charge in [0, 0.05) is 53.8 Å². The van der Waals surface area contributed by atoms with Crippen LogP contribution in [0.1, 0.15) is 42.4 Å². The number of ether oxygens (including phenoxy) is 1. The molecule has 4 rings (SSSR count). The smallest absolute Gasteiger partial charge is 0.339 e. The van der Waals surface area contributed by atoms with Crippen molar-refractivity contribution in [2.75, 3.05) is 11.9 Å². The van der Waals surface area contributed by atoms with Crippen molar-refractivity contribution >= 4 is 39.2 Å². The summed E-state index contributed by atoms with van der Waals surface area (Å²) in [6.07, 6.45) is 1.43. The second-order valence-electron chi connectivity index (χ2n) is 7.62. The Balaban J connectivity index is 1.65. The number of anilines is 1. The minimum atomic E-state index is -0.950. The summed E-state index contributed by atoms with van der Waals surface area (Å²) in [5, 5.41) is 5.66. The first-order chi connectivity index (χ1) is 14.4. The summed E-state index contributed by atoms with van der Waals surface area (Å²) in [6.45, 7) is 7.38. The molecule has 1 aromatic carbocycles. The quantitative estimate of drug-likeness (QED) is 0.630. The van der Waals surface area contributed by atoms with Crippen molar-refractivity contribution in [3.63, 3.8) is 0 Å². The van der Waals surface area contributed by atoms with E-state index >= 15 is 0 Å². The van der Waals surface area contributed by atoms with Crippen LogP contribution in [0.5, 0.6) is 0 Å². The highest BCUT2D eigenvalue weighted by Gasteiger charge is 2.29. The van der Waals surface area contributed by atoms with Gasteiger partial charge in [0.1, 0.15) is 0 Å². The molecule has 30 heavy (non-hydrogen) atoms. The van der Waals surface area contributed by atoms with Crippen molar-refractivity contribution in [3.05, 3.63) is 52.7 Å². The Morgan fingerprint density at radius 3 is 2.77 bits per heavy atom. The van der Waals surface area contributed by atoms with Gasteiger partial charge in [-0.2, -0.15) is 0 Å². The van der Waals surface area contributed by atoms with E-state index in [9.17, 15) is 9.59 Å². The zero-order valence-corrected chi connectivity index (χ0v) is 18.0. The van der Waals surface area contributed by atoms with Gasteiger partial charge in [0.05, 0.1) is 11.1 Å². The van der Waals surface area contributed by atoms with Crippen LogP contribution < -0.4 is 5.32 Å². The van der Waals surface area contributed by atoms with Crippen LogP contribution in [0.15, 0.2) is 35.8 Å². The van der Waals surface area contributed by atoms with Gasteiger partial charge in [0.25, 0.3) is 5.91 Å². The van der Waals surface area contributed by atoms with Crippen molar-refractivity contribution in [3.8, 4) is 0 Å². The third-order valence-electron chi connectivity index (χ3n) is 5.33. The molecule has 156 valence electrons. The van der Waals surface area contributed by atoms with Gasteiger partial charge in [0.15, 0.2) is 11.2 Å². The summed E-state index contributed by atoms with van der Waals surface area (Å²) in [5.74, 6) is -0.911. The number of aromatic nitrogens is 2. The molecule has 2 aromatic heterocycles. The number of nitrogens with one attached hydrogen (secondary N) is 1. The number of para-hydroxylation sites is 1. The molecule has 0 saturated carbocycles. The Kier molecular flexibility index (Phi) is 5.78. The van der Waals surface area contributed by atoms with Gasteiger partial charge in [-0.25, -0.2) is 9.78 Å². The Hall–Kier alpha value is -2.84. The molecular formula is C22H24N4O3S. The number of pyridine rings is 1. The molecule has 1 amide bonds. The summed E-state index contributed by atoms with van der Waals surface area (Å²) in [6, 6.07) is 7.93. The fraction of sp³-hybridized carbons (Fsp3) is 0.364. The van der Waals surface area contributed by atoms with Crippen molar-refractivity contribution in [1.29, 1.82) is 0 Å². The van der Waals surface area contributed by atoms with Gasteiger partial charge in [-0.15, -0.1) is 11.3 Å². The molecule has 1 unspecified atom stereocenters.